The number of hydrogen-bond donors (Lipinski definition) is 2. The van der Waals surface area contributed by atoms with E-state index in [4.69, 9.17) is 14.2 Å². The van der Waals surface area contributed by atoms with Gasteiger partial charge in [-0.1, -0.05) is 13.0 Å². The Bertz CT molecular complexity index is 974. The Balaban J connectivity index is 1.24. The molecule has 4 aliphatic rings. The van der Waals surface area contributed by atoms with Gasteiger partial charge in [0.15, 0.2) is 0 Å². The minimum atomic E-state index is -0.449. The second-order valence-corrected chi connectivity index (χ2v) is 10.3. The van der Waals surface area contributed by atoms with Crippen LogP contribution in [-0.2, 0) is 20.8 Å². The van der Waals surface area contributed by atoms with Crippen molar-refractivity contribution in [1.82, 2.24) is 15.5 Å². The van der Waals surface area contributed by atoms with Crippen LogP contribution in [0.1, 0.15) is 67.3 Å². The Morgan fingerprint density at radius 3 is 2.77 bits per heavy atom. The molecule has 5 rings (SSSR count). The van der Waals surface area contributed by atoms with Crippen LogP contribution in [0.3, 0.4) is 0 Å². The maximum absolute atomic E-state index is 13.0. The van der Waals surface area contributed by atoms with Crippen molar-refractivity contribution >= 4 is 11.8 Å². The number of ether oxygens (including phenoxy) is 3. The lowest BCUT2D eigenvalue weighted by Gasteiger charge is -2.39. The highest BCUT2D eigenvalue weighted by atomic mass is 16.5. The summed E-state index contributed by atoms with van der Waals surface area (Å²) in [5.41, 5.74) is 2.13. The lowest BCUT2D eigenvalue weighted by Crippen LogP contribution is -2.53. The molecule has 3 aliphatic heterocycles. The Kier molecular flexibility index (Phi) is 7.14. The minimum absolute atomic E-state index is 0.0684. The van der Waals surface area contributed by atoms with Gasteiger partial charge >= 0.3 is 0 Å². The predicted molar refractivity (Wildman–Crippen MR) is 131 cm³/mol. The first-order valence-electron chi connectivity index (χ1n) is 12.9. The van der Waals surface area contributed by atoms with Crippen molar-refractivity contribution < 1.29 is 23.8 Å². The Morgan fingerprint density at radius 1 is 1.20 bits per heavy atom. The fraction of sp³-hybridized carbons (Fsp3) is 0.630. The lowest BCUT2D eigenvalue weighted by molar-refractivity contribution is -0.126. The van der Waals surface area contributed by atoms with Gasteiger partial charge in [0, 0.05) is 63.6 Å². The van der Waals surface area contributed by atoms with Crippen molar-refractivity contribution in [2.45, 2.75) is 81.7 Å². The third-order valence-electron chi connectivity index (χ3n) is 8.12. The third kappa shape index (κ3) is 5.10. The molecule has 1 unspecified atom stereocenters. The number of benzene rings is 1. The van der Waals surface area contributed by atoms with E-state index in [1.165, 1.54) is 6.42 Å². The first-order valence-corrected chi connectivity index (χ1v) is 12.9. The number of fused-ring (bicyclic) bond motifs is 1. The van der Waals surface area contributed by atoms with E-state index >= 15 is 0 Å². The zero-order chi connectivity index (χ0) is 24.4. The summed E-state index contributed by atoms with van der Waals surface area (Å²) < 4.78 is 17.9. The molecule has 1 aromatic carbocycles. The van der Waals surface area contributed by atoms with Crippen LogP contribution in [0.2, 0.25) is 0 Å². The average Bonchev–Trinajstić information content (AvgIpc) is 3.19. The lowest BCUT2D eigenvalue weighted by atomic mass is 9.89. The van der Waals surface area contributed by atoms with Crippen LogP contribution < -0.4 is 15.4 Å². The van der Waals surface area contributed by atoms with Crippen LogP contribution >= 0.6 is 0 Å². The summed E-state index contributed by atoms with van der Waals surface area (Å²) in [5.74, 6) is 0.553. The first-order chi connectivity index (χ1) is 17.0. The van der Waals surface area contributed by atoms with Crippen molar-refractivity contribution in [1.29, 1.82) is 0 Å². The maximum Gasteiger partial charge on any atom is 0.255 e. The van der Waals surface area contributed by atoms with Gasteiger partial charge in [0.1, 0.15) is 17.9 Å². The van der Waals surface area contributed by atoms with Crippen LogP contribution in [0.25, 0.3) is 0 Å². The van der Waals surface area contributed by atoms with Gasteiger partial charge in [0.25, 0.3) is 5.91 Å². The molecule has 2 N–H and O–H groups in total. The molecule has 3 fully saturated rings. The highest BCUT2D eigenvalue weighted by Crippen LogP contribution is 2.33. The fourth-order valence-corrected chi connectivity index (χ4v) is 5.86. The molecule has 2 saturated heterocycles. The third-order valence-corrected chi connectivity index (χ3v) is 8.12. The molecule has 3 heterocycles. The molecule has 0 bridgehead atoms. The monoisotopic (exact) mass is 483 g/mol. The number of piperidine rings is 1. The SMILES string of the molecule is C=C1CCC(N2Cc3cc(O[C@@H]4CCCC[C@H]4NCC4(OC)CCOCC4)ccc3C2=O)C(=O)N1. The van der Waals surface area contributed by atoms with Gasteiger partial charge in [-0.2, -0.15) is 0 Å². The molecule has 2 amide bonds. The van der Waals surface area contributed by atoms with Crippen LogP contribution in [-0.4, -0.2) is 67.4 Å². The summed E-state index contributed by atoms with van der Waals surface area (Å²) in [6, 6.07) is 5.52. The molecule has 3 atom stereocenters. The topological polar surface area (TPSA) is 89.1 Å². The highest BCUT2D eigenvalue weighted by Gasteiger charge is 2.39. The number of methoxy groups -OCH3 is 1. The average molecular weight is 484 g/mol. The predicted octanol–water partition coefficient (Wildman–Crippen LogP) is 2.91. The van der Waals surface area contributed by atoms with E-state index in [0.717, 1.165) is 68.9 Å². The van der Waals surface area contributed by atoms with E-state index in [0.29, 0.717) is 24.9 Å². The van der Waals surface area contributed by atoms with Crippen LogP contribution in [0, 0.1) is 0 Å². The summed E-state index contributed by atoms with van der Waals surface area (Å²) in [4.78, 5) is 27.2. The molecule has 8 nitrogen and oxygen atoms in total. The summed E-state index contributed by atoms with van der Waals surface area (Å²) in [7, 11) is 1.80. The van der Waals surface area contributed by atoms with E-state index in [9.17, 15) is 9.59 Å². The van der Waals surface area contributed by atoms with Crippen molar-refractivity contribution in [2.75, 3.05) is 26.9 Å². The van der Waals surface area contributed by atoms with Gasteiger partial charge < -0.3 is 29.7 Å². The maximum atomic E-state index is 13.0. The number of carbonyl (C=O) groups is 2. The largest absolute Gasteiger partial charge is 0.489 e. The second kappa shape index (κ2) is 10.3. The highest BCUT2D eigenvalue weighted by molar-refractivity contribution is 6.01. The smallest absolute Gasteiger partial charge is 0.255 e. The standard InChI is InChI=1S/C27H37N3O5/c1-18-7-10-23(25(31)29-18)30-16-19-15-20(8-9-21(19)26(30)32)35-24-6-4-3-5-22(24)28-17-27(33-2)11-13-34-14-12-27/h8-9,15,22-24,28H,1,3-7,10-14,16-17H2,2H3,(H,29,31)/t22-,23?,24-/m1/s1. The summed E-state index contributed by atoms with van der Waals surface area (Å²) in [6.45, 7) is 6.54. The Morgan fingerprint density at radius 2 is 2.00 bits per heavy atom. The van der Waals surface area contributed by atoms with E-state index in [1.54, 1.807) is 12.0 Å². The van der Waals surface area contributed by atoms with Crippen molar-refractivity contribution in [3.05, 3.63) is 41.6 Å². The number of nitrogens with one attached hydrogen (secondary N) is 2. The molecule has 1 saturated carbocycles. The normalized spacial score (nSPS) is 28.5. The molecular weight excluding hydrogens is 446 g/mol. The van der Waals surface area contributed by atoms with Gasteiger partial charge in [0.2, 0.25) is 5.91 Å². The van der Waals surface area contributed by atoms with Gasteiger partial charge in [0.05, 0.1) is 5.60 Å². The Labute approximate surface area is 207 Å². The second-order valence-electron chi connectivity index (χ2n) is 10.3. The number of nitrogens with zero attached hydrogens (tertiary/aromatic N) is 1. The fourth-order valence-electron chi connectivity index (χ4n) is 5.86. The summed E-state index contributed by atoms with van der Waals surface area (Å²) in [5, 5.41) is 6.54. The molecule has 35 heavy (non-hydrogen) atoms. The number of allylic oxidation sites excluding steroid dienone is 1. The zero-order valence-corrected chi connectivity index (χ0v) is 20.6. The molecule has 0 spiro atoms. The van der Waals surface area contributed by atoms with E-state index < -0.39 is 6.04 Å². The molecule has 190 valence electrons. The van der Waals surface area contributed by atoms with Crippen molar-refractivity contribution in [2.24, 2.45) is 0 Å². The van der Waals surface area contributed by atoms with Gasteiger partial charge in [-0.25, -0.2) is 0 Å². The van der Waals surface area contributed by atoms with Gasteiger partial charge in [-0.15, -0.1) is 0 Å². The molecule has 0 aromatic heterocycles. The van der Waals surface area contributed by atoms with Crippen molar-refractivity contribution in [3.63, 3.8) is 0 Å². The van der Waals surface area contributed by atoms with Gasteiger partial charge in [-0.3, -0.25) is 9.59 Å². The first kappa shape index (κ1) is 24.3. The molecular formula is C27H37N3O5. The zero-order valence-electron chi connectivity index (χ0n) is 20.6. The van der Waals surface area contributed by atoms with Crippen LogP contribution in [0.15, 0.2) is 30.5 Å². The van der Waals surface area contributed by atoms with E-state index in [2.05, 4.69) is 17.2 Å². The van der Waals surface area contributed by atoms with E-state index in [1.807, 2.05) is 18.2 Å². The summed E-state index contributed by atoms with van der Waals surface area (Å²) >= 11 is 0. The number of hydrogen-bond acceptors (Lipinski definition) is 6. The molecule has 8 heteroatoms. The number of carbonyl (C=O) groups excluding carboxylic acids is 2. The van der Waals surface area contributed by atoms with Crippen molar-refractivity contribution in [3.8, 4) is 5.75 Å². The van der Waals surface area contributed by atoms with Gasteiger partial charge in [-0.05, 0) is 55.9 Å². The van der Waals surface area contributed by atoms with E-state index in [-0.39, 0.29) is 29.6 Å². The number of amides is 2. The number of rotatable bonds is 7. The molecule has 1 aromatic rings. The quantitative estimate of drug-likeness (QED) is 0.620. The molecule has 0 radical (unpaired) electrons. The van der Waals surface area contributed by atoms with Crippen LogP contribution in [0.4, 0.5) is 0 Å². The van der Waals surface area contributed by atoms with Crippen LogP contribution in [0.5, 0.6) is 5.75 Å². The Hall–Kier alpha value is -2.42. The summed E-state index contributed by atoms with van der Waals surface area (Å²) in [6.07, 6.45) is 7.56. The minimum Gasteiger partial charge on any atom is -0.489 e. The molecule has 1 aliphatic carbocycles.